The molecule has 122 valence electrons. The minimum absolute atomic E-state index is 0.0705. The van der Waals surface area contributed by atoms with Gasteiger partial charge in [0.05, 0.1) is 5.69 Å². The van der Waals surface area contributed by atoms with Crippen LogP contribution in [-0.2, 0) is 16.6 Å². The van der Waals surface area contributed by atoms with Crippen LogP contribution in [0.4, 0.5) is 5.69 Å². The summed E-state index contributed by atoms with van der Waals surface area (Å²) < 4.78 is 2.01. The predicted octanol–water partition coefficient (Wildman–Crippen LogP) is 2.47. The minimum atomic E-state index is -0.474. The molecule has 0 aliphatic carbocycles. The van der Waals surface area contributed by atoms with Crippen molar-refractivity contribution < 1.29 is 9.59 Å². The van der Waals surface area contributed by atoms with E-state index in [1.165, 1.54) is 4.90 Å². The zero-order valence-corrected chi connectivity index (χ0v) is 14.5. The molecule has 1 aromatic heterocycles. The number of hydrogen-bond acceptors (Lipinski definition) is 3. The van der Waals surface area contributed by atoms with E-state index in [0.717, 1.165) is 17.0 Å². The van der Waals surface area contributed by atoms with Crippen molar-refractivity contribution in [3.05, 3.63) is 58.9 Å². The monoisotopic (exact) mass is 339 g/mol. The van der Waals surface area contributed by atoms with Gasteiger partial charge in [-0.15, -0.1) is 0 Å². The lowest BCUT2D eigenvalue weighted by atomic mass is 10.1. The third kappa shape index (κ3) is 2.65. The Hall–Kier alpha value is -2.73. The Morgan fingerprint density at radius 2 is 1.79 bits per heavy atom. The van der Waals surface area contributed by atoms with Crippen LogP contribution in [0.2, 0.25) is 0 Å². The highest BCUT2D eigenvalue weighted by molar-refractivity contribution is 7.80. The van der Waals surface area contributed by atoms with E-state index in [9.17, 15) is 9.59 Å². The first-order chi connectivity index (χ1) is 11.4. The normalized spacial score (nSPS) is 16.7. The van der Waals surface area contributed by atoms with E-state index in [1.54, 1.807) is 18.2 Å². The van der Waals surface area contributed by atoms with Crippen molar-refractivity contribution in [3.8, 4) is 0 Å². The van der Waals surface area contributed by atoms with Gasteiger partial charge in [0.1, 0.15) is 5.57 Å². The highest BCUT2D eigenvalue weighted by Gasteiger charge is 2.34. The fraction of sp³-hybridized carbons (Fsp3) is 0.167. The topological polar surface area (TPSA) is 54.3 Å². The average Bonchev–Trinajstić information content (AvgIpc) is 2.79. The summed E-state index contributed by atoms with van der Waals surface area (Å²) in [4.78, 5) is 26.5. The Bertz CT molecular complexity index is 881. The molecule has 0 unspecified atom stereocenters. The van der Waals surface area contributed by atoms with E-state index in [4.69, 9.17) is 12.2 Å². The number of aromatic nitrogens is 1. The van der Waals surface area contributed by atoms with Gasteiger partial charge in [-0.25, -0.2) is 0 Å². The second kappa shape index (κ2) is 6.05. The molecule has 1 aliphatic rings. The summed E-state index contributed by atoms with van der Waals surface area (Å²) in [5, 5.41) is 2.68. The average molecular weight is 339 g/mol. The van der Waals surface area contributed by atoms with Crippen molar-refractivity contribution in [2.24, 2.45) is 7.05 Å². The number of amides is 2. The predicted molar refractivity (Wildman–Crippen MR) is 97.5 cm³/mol. The summed E-state index contributed by atoms with van der Waals surface area (Å²) in [5.41, 5.74) is 3.58. The number of carbonyl (C=O) groups is 2. The van der Waals surface area contributed by atoms with Gasteiger partial charge in [-0.1, -0.05) is 18.2 Å². The molecule has 1 saturated heterocycles. The largest absolute Gasteiger partial charge is 0.352 e. The third-order valence-electron chi connectivity index (χ3n) is 4.23. The highest BCUT2D eigenvalue weighted by Crippen LogP contribution is 2.23. The Morgan fingerprint density at radius 1 is 1.12 bits per heavy atom. The van der Waals surface area contributed by atoms with Crippen LogP contribution in [0.3, 0.4) is 0 Å². The number of benzene rings is 1. The molecular weight excluding hydrogens is 322 g/mol. The van der Waals surface area contributed by atoms with Gasteiger partial charge in [-0.3, -0.25) is 19.8 Å². The Balaban J connectivity index is 2.06. The first-order valence-electron chi connectivity index (χ1n) is 7.49. The first-order valence-corrected chi connectivity index (χ1v) is 7.90. The number of para-hydroxylation sites is 1. The molecule has 0 bridgehead atoms. The van der Waals surface area contributed by atoms with Crippen LogP contribution < -0.4 is 10.2 Å². The molecule has 5 nitrogen and oxygen atoms in total. The summed E-state index contributed by atoms with van der Waals surface area (Å²) in [6, 6.07) is 11.0. The molecule has 1 N–H and O–H groups in total. The summed E-state index contributed by atoms with van der Waals surface area (Å²) in [7, 11) is 1.95. The molecule has 2 heterocycles. The van der Waals surface area contributed by atoms with E-state index in [0.29, 0.717) is 5.69 Å². The molecule has 0 spiro atoms. The second-order valence-electron chi connectivity index (χ2n) is 5.68. The highest BCUT2D eigenvalue weighted by atomic mass is 32.1. The summed E-state index contributed by atoms with van der Waals surface area (Å²) in [5.74, 6) is -0.894. The van der Waals surface area contributed by atoms with Crippen LogP contribution in [0.25, 0.3) is 6.08 Å². The van der Waals surface area contributed by atoms with Crippen molar-refractivity contribution in [1.29, 1.82) is 0 Å². The van der Waals surface area contributed by atoms with Crippen LogP contribution in [0.5, 0.6) is 0 Å². The Kier molecular flexibility index (Phi) is 4.07. The van der Waals surface area contributed by atoms with E-state index >= 15 is 0 Å². The van der Waals surface area contributed by atoms with Gasteiger partial charge >= 0.3 is 0 Å². The summed E-state index contributed by atoms with van der Waals surface area (Å²) in [6.07, 6.45) is 1.62. The molecule has 2 aromatic rings. The standard InChI is InChI=1S/C18H17N3O2S/c1-11-9-13(12(2)20(11)3)10-15-16(22)19-18(24)21(17(15)23)14-7-5-4-6-8-14/h4-10H,1-3H3,(H,19,22,24)/b15-10+. The van der Waals surface area contributed by atoms with Crippen molar-refractivity contribution >= 4 is 40.9 Å². The molecule has 0 radical (unpaired) electrons. The molecule has 2 amide bonds. The molecule has 3 rings (SSSR count). The van der Waals surface area contributed by atoms with Crippen LogP contribution in [0.1, 0.15) is 17.0 Å². The van der Waals surface area contributed by atoms with Crippen molar-refractivity contribution in [1.82, 2.24) is 9.88 Å². The van der Waals surface area contributed by atoms with Crippen LogP contribution in [-0.4, -0.2) is 21.5 Å². The molecule has 24 heavy (non-hydrogen) atoms. The Labute approximate surface area is 145 Å². The van der Waals surface area contributed by atoms with E-state index in [2.05, 4.69) is 5.32 Å². The van der Waals surface area contributed by atoms with Crippen LogP contribution in [0, 0.1) is 13.8 Å². The number of anilines is 1. The second-order valence-corrected chi connectivity index (χ2v) is 6.07. The SMILES string of the molecule is Cc1cc(/C=C2\C(=O)NC(=S)N(c3ccccc3)C2=O)c(C)n1C. The molecular formula is C18H17N3O2S. The fourth-order valence-corrected chi connectivity index (χ4v) is 2.94. The number of carbonyl (C=O) groups excluding carboxylic acids is 2. The number of rotatable bonds is 2. The van der Waals surface area contributed by atoms with Gasteiger partial charge in [0, 0.05) is 18.4 Å². The lowest BCUT2D eigenvalue weighted by molar-refractivity contribution is -0.122. The lowest BCUT2D eigenvalue weighted by Crippen LogP contribution is -2.54. The minimum Gasteiger partial charge on any atom is -0.352 e. The zero-order chi connectivity index (χ0) is 17.4. The quantitative estimate of drug-likeness (QED) is 0.519. The van der Waals surface area contributed by atoms with Gasteiger partial charge < -0.3 is 4.57 Å². The molecule has 1 aliphatic heterocycles. The maximum atomic E-state index is 12.9. The number of nitrogens with zero attached hydrogens (tertiary/aromatic N) is 2. The molecule has 1 fully saturated rings. The van der Waals surface area contributed by atoms with Crippen molar-refractivity contribution in [3.63, 3.8) is 0 Å². The summed E-state index contributed by atoms with van der Waals surface area (Å²) in [6.45, 7) is 3.92. The molecule has 0 saturated carbocycles. The third-order valence-corrected chi connectivity index (χ3v) is 4.51. The van der Waals surface area contributed by atoms with E-state index in [-0.39, 0.29) is 10.7 Å². The van der Waals surface area contributed by atoms with Crippen LogP contribution >= 0.6 is 12.2 Å². The van der Waals surface area contributed by atoms with Crippen molar-refractivity contribution in [2.45, 2.75) is 13.8 Å². The Morgan fingerprint density at radius 3 is 2.38 bits per heavy atom. The van der Waals surface area contributed by atoms with Crippen molar-refractivity contribution in [2.75, 3.05) is 4.90 Å². The lowest BCUT2D eigenvalue weighted by Gasteiger charge is -2.28. The van der Waals surface area contributed by atoms with Crippen LogP contribution in [0.15, 0.2) is 42.0 Å². The number of nitrogens with one attached hydrogen (secondary N) is 1. The molecule has 1 aromatic carbocycles. The molecule has 6 heteroatoms. The van der Waals surface area contributed by atoms with Gasteiger partial charge in [-0.05, 0) is 55.9 Å². The van der Waals surface area contributed by atoms with E-state index in [1.807, 2.05) is 49.7 Å². The maximum absolute atomic E-state index is 12.9. The maximum Gasteiger partial charge on any atom is 0.270 e. The molecule has 0 atom stereocenters. The fourth-order valence-electron chi connectivity index (χ4n) is 2.66. The summed E-state index contributed by atoms with van der Waals surface area (Å²) >= 11 is 5.17. The van der Waals surface area contributed by atoms with E-state index < -0.39 is 11.8 Å². The number of aryl methyl sites for hydroxylation is 1. The zero-order valence-electron chi connectivity index (χ0n) is 13.7. The number of thiocarbonyl (C=S) groups is 1. The van der Waals surface area contributed by atoms with Gasteiger partial charge in [0.25, 0.3) is 11.8 Å². The van der Waals surface area contributed by atoms with Gasteiger partial charge in [-0.2, -0.15) is 0 Å². The number of hydrogen-bond donors (Lipinski definition) is 1. The smallest absolute Gasteiger partial charge is 0.270 e. The first kappa shape index (κ1) is 16.1. The van der Waals surface area contributed by atoms with Gasteiger partial charge in [0.2, 0.25) is 0 Å². The van der Waals surface area contributed by atoms with Gasteiger partial charge in [0.15, 0.2) is 5.11 Å².